The Hall–Kier alpha value is -3.40. The van der Waals surface area contributed by atoms with E-state index >= 15 is 0 Å². The van der Waals surface area contributed by atoms with Gasteiger partial charge in [0.15, 0.2) is 18.9 Å². The number of thiophene rings is 1. The Bertz CT molecular complexity index is 1060. The number of Topliss-reactive ketones (excluding diaryl/α,β-unsaturated/α-hetero) is 1. The first-order valence-corrected chi connectivity index (χ1v) is 9.34. The van der Waals surface area contributed by atoms with Crippen LogP contribution in [0.1, 0.15) is 15.9 Å². The lowest BCUT2D eigenvalue weighted by molar-refractivity contribution is -0.143. The highest BCUT2D eigenvalue weighted by atomic mass is 32.1. The van der Waals surface area contributed by atoms with Gasteiger partial charge in [-0.05, 0) is 40.4 Å². The van der Waals surface area contributed by atoms with E-state index in [1.54, 1.807) is 30.1 Å². The van der Waals surface area contributed by atoms with Gasteiger partial charge >= 0.3 is 5.97 Å². The van der Waals surface area contributed by atoms with Crippen LogP contribution in [-0.2, 0) is 27.3 Å². The molecule has 28 heavy (non-hydrogen) atoms. The van der Waals surface area contributed by atoms with Crippen LogP contribution in [0.4, 0.5) is 5.69 Å². The molecular weight excluding hydrogens is 382 g/mol. The van der Waals surface area contributed by atoms with E-state index in [0.717, 1.165) is 21.6 Å². The number of tetrazole rings is 1. The molecule has 1 aromatic carbocycles. The topological polar surface area (TPSA) is 107 Å². The molecule has 142 valence electrons. The zero-order valence-electron chi connectivity index (χ0n) is 14.9. The van der Waals surface area contributed by atoms with Crippen molar-refractivity contribution in [1.82, 2.24) is 20.2 Å². The molecule has 3 aromatic rings. The monoisotopic (exact) mass is 397 g/mol. The van der Waals surface area contributed by atoms with E-state index in [1.165, 1.54) is 11.3 Å². The second-order valence-corrected chi connectivity index (χ2v) is 6.99. The summed E-state index contributed by atoms with van der Waals surface area (Å²) in [6.07, 6.45) is 0.261. The number of esters is 1. The van der Waals surface area contributed by atoms with Crippen molar-refractivity contribution in [3.8, 4) is 11.4 Å². The average Bonchev–Trinajstić information content (AvgIpc) is 3.41. The molecule has 0 spiro atoms. The lowest BCUT2D eigenvalue weighted by Crippen LogP contribution is -2.20. The molecule has 0 aliphatic carbocycles. The number of benzene rings is 1. The minimum absolute atomic E-state index is 0.0202. The molecule has 2 aromatic heterocycles. The Morgan fingerprint density at radius 3 is 2.93 bits per heavy atom. The van der Waals surface area contributed by atoms with Gasteiger partial charge < -0.3 is 9.64 Å². The van der Waals surface area contributed by atoms with Crippen LogP contribution in [0.25, 0.3) is 11.4 Å². The van der Waals surface area contributed by atoms with Crippen molar-refractivity contribution in [2.24, 2.45) is 0 Å². The summed E-state index contributed by atoms with van der Waals surface area (Å²) in [6, 6.07) is 6.86. The number of aromatic nitrogens is 4. The summed E-state index contributed by atoms with van der Waals surface area (Å²) in [4.78, 5) is 38.7. The molecule has 1 aliphatic heterocycles. The molecule has 0 saturated carbocycles. The third-order valence-corrected chi connectivity index (χ3v) is 5.03. The summed E-state index contributed by atoms with van der Waals surface area (Å²) in [5.74, 6) is -0.585. The number of ketones is 1. The summed E-state index contributed by atoms with van der Waals surface area (Å²) in [5.41, 5.74) is 2.79. The van der Waals surface area contributed by atoms with Crippen molar-refractivity contribution in [3.05, 3.63) is 46.2 Å². The van der Waals surface area contributed by atoms with Crippen LogP contribution in [-0.4, -0.2) is 51.5 Å². The van der Waals surface area contributed by atoms with Crippen molar-refractivity contribution in [1.29, 1.82) is 0 Å². The normalized spacial score (nSPS) is 12.9. The molecule has 0 bridgehead atoms. The molecule has 0 atom stereocenters. The molecule has 3 heterocycles. The first-order valence-electron chi connectivity index (χ1n) is 8.40. The molecule has 0 N–H and O–H groups in total. The SMILES string of the molecule is CN1C(=O)Cc2cc(C(=O)COC(=O)Cn3nnc(-c4ccsc4)n3)ccc21. The summed E-state index contributed by atoms with van der Waals surface area (Å²) in [7, 11) is 1.69. The Labute approximate surface area is 163 Å². The van der Waals surface area contributed by atoms with Gasteiger partial charge in [-0.1, -0.05) is 0 Å². The van der Waals surface area contributed by atoms with Gasteiger partial charge in [0.05, 0.1) is 6.42 Å². The summed E-state index contributed by atoms with van der Waals surface area (Å²) < 4.78 is 5.03. The van der Waals surface area contributed by atoms with Gasteiger partial charge in [0.25, 0.3) is 0 Å². The predicted molar refractivity (Wildman–Crippen MR) is 100.0 cm³/mol. The van der Waals surface area contributed by atoms with Gasteiger partial charge in [-0.2, -0.15) is 16.1 Å². The summed E-state index contributed by atoms with van der Waals surface area (Å²) in [5, 5.41) is 15.6. The number of nitrogens with zero attached hydrogens (tertiary/aromatic N) is 5. The van der Waals surface area contributed by atoms with Gasteiger partial charge in [-0.25, -0.2) is 4.79 Å². The number of hydrogen-bond donors (Lipinski definition) is 0. The number of rotatable bonds is 6. The molecule has 9 nitrogen and oxygen atoms in total. The largest absolute Gasteiger partial charge is 0.456 e. The van der Waals surface area contributed by atoms with Crippen LogP contribution in [0.2, 0.25) is 0 Å². The zero-order valence-corrected chi connectivity index (χ0v) is 15.7. The van der Waals surface area contributed by atoms with Gasteiger partial charge in [-0.15, -0.1) is 10.2 Å². The Morgan fingerprint density at radius 1 is 1.29 bits per heavy atom. The van der Waals surface area contributed by atoms with Crippen LogP contribution in [0.5, 0.6) is 0 Å². The number of amides is 1. The van der Waals surface area contributed by atoms with Crippen molar-refractivity contribution in [3.63, 3.8) is 0 Å². The lowest BCUT2D eigenvalue weighted by atomic mass is 10.1. The van der Waals surface area contributed by atoms with Crippen molar-refractivity contribution < 1.29 is 19.1 Å². The molecule has 4 rings (SSSR count). The van der Waals surface area contributed by atoms with Crippen LogP contribution in [0.3, 0.4) is 0 Å². The minimum Gasteiger partial charge on any atom is -0.456 e. The van der Waals surface area contributed by atoms with E-state index in [0.29, 0.717) is 11.4 Å². The second kappa shape index (κ2) is 7.31. The van der Waals surface area contributed by atoms with E-state index in [4.69, 9.17) is 4.74 Å². The van der Waals surface area contributed by atoms with E-state index in [2.05, 4.69) is 15.4 Å². The van der Waals surface area contributed by atoms with Gasteiger partial charge in [-0.3, -0.25) is 9.59 Å². The van der Waals surface area contributed by atoms with Crippen LogP contribution in [0.15, 0.2) is 35.0 Å². The maximum absolute atomic E-state index is 12.3. The molecule has 1 amide bonds. The van der Waals surface area contributed by atoms with E-state index < -0.39 is 12.6 Å². The number of carbonyl (C=O) groups excluding carboxylic acids is 3. The Morgan fingerprint density at radius 2 is 2.14 bits per heavy atom. The molecular formula is C18H15N5O4S. The fourth-order valence-electron chi connectivity index (χ4n) is 2.85. The van der Waals surface area contributed by atoms with Crippen molar-refractivity contribution in [2.45, 2.75) is 13.0 Å². The predicted octanol–water partition coefficient (Wildman–Crippen LogP) is 1.35. The lowest BCUT2D eigenvalue weighted by Gasteiger charge is -2.10. The second-order valence-electron chi connectivity index (χ2n) is 6.21. The standard InChI is InChI=1S/C18H15N5O4S/c1-22-14-3-2-11(6-13(14)7-16(22)25)15(24)9-27-17(26)8-23-20-18(19-21-23)12-4-5-28-10-12/h2-6,10H,7-9H2,1H3. The smallest absolute Gasteiger partial charge is 0.330 e. The van der Waals surface area contributed by atoms with Crippen molar-refractivity contribution in [2.75, 3.05) is 18.6 Å². The van der Waals surface area contributed by atoms with E-state index in [-0.39, 0.29) is 24.7 Å². The van der Waals surface area contributed by atoms with E-state index in [1.807, 2.05) is 16.8 Å². The highest BCUT2D eigenvalue weighted by molar-refractivity contribution is 7.08. The highest BCUT2D eigenvalue weighted by Crippen LogP contribution is 2.28. The fraction of sp³-hybridized carbons (Fsp3) is 0.222. The molecule has 10 heteroatoms. The van der Waals surface area contributed by atoms with Gasteiger partial charge in [0.1, 0.15) is 0 Å². The highest BCUT2D eigenvalue weighted by Gasteiger charge is 2.25. The molecule has 0 radical (unpaired) electrons. The average molecular weight is 397 g/mol. The van der Waals surface area contributed by atoms with Crippen LogP contribution >= 0.6 is 11.3 Å². The first-order chi connectivity index (χ1) is 13.5. The van der Waals surface area contributed by atoms with Crippen molar-refractivity contribution >= 4 is 34.7 Å². The van der Waals surface area contributed by atoms with Crippen LogP contribution < -0.4 is 4.90 Å². The quantitative estimate of drug-likeness (QED) is 0.456. The van der Waals surface area contributed by atoms with Crippen LogP contribution in [0, 0.1) is 0 Å². The maximum Gasteiger partial charge on any atom is 0.330 e. The molecule has 1 aliphatic rings. The molecule has 0 fully saturated rings. The number of carbonyl (C=O) groups is 3. The first kappa shape index (κ1) is 18.0. The summed E-state index contributed by atoms with van der Waals surface area (Å²) in [6.45, 7) is -0.638. The summed E-state index contributed by atoms with van der Waals surface area (Å²) >= 11 is 1.51. The van der Waals surface area contributed by atoms with E-state index in [9.17, 15) is 14.4 Å². The molecule has 0 unspecified atom stereocenters. The number of anilines is 1. The molecule has 0 saturated heterocycles. The fourth-order valence-corrected chi connectivity index (χ4v) is 3.49. The Balaban J connectivity index is 1.33. The number of ether oxygens (including phenoxy) is 1. The third-order valence-electron chi connectivity index (χ3n) is 4.35. The maximum atomic E-state index is 12.3. The van der Waals surface area contributed by atoms with Gasteiger partial charge in [0, 0.05) is 29.2 Å². The number of likely N-dealkylation sites (N-methyl/N-ethyl adjacent to an activating group) is 1. The van der Waals surface area contributed by atoms with Gasteiger partial charge in [0.2, 0.25) is 11.7 Å². The number of hydrogen-bond acceptors (Lipinski definition) is 8. The minimum atomic E-state index is -0.640. The zero-order chi connectivity index (χ0) is 19.7. The Kier molecular flexibility index (Phi) is 4.70. The number of fused-ring (bicyclic) bond motifs is 1. The third kappa shape index (κ3) is 3.54.